The van der Waals surface area contributed by atoms with Gasteiger partial charge in [-0.25, -0.2) is 0 Å². The van der Waals surface area contributed by atoms with E-state index >= 15 is 0 Å². The van der Waals surface area contributed by atoms with Gasteiger partial charge >= 0.3 is 0 Å². The molecule has 0 aliphatic rings. The van der Waals surface area contributed by atoms with E-state index in [1.807, 2.05) is 13.0 Å². The van der Waals surface area contributed by atoms with E-state index in [9.17, 15) is 4.79 Å². The van der Waals surface area contributed by atoms with Crippen LogP contribution in [0.3, 0.4) is 0 Å². The summed E-state index contributed by atoms with van der Waals surface area (Å²) in [5.41, 5.74) is 13.2. The summed E-state index contributed by atoms with van der Waals surface area (Å²) in [6.07, 6.45) is 1.63. The van der Waals surface area contributed by atoms with Crippen LogP contribution in [0.1, 0.15) is 15.9 Å². The van der Waals surface area contributed by atoms with Crippen LogP contribution in [0.15, 0.2) is 12.3 Å². The predicted molar refractivity (Wildman–Crippen MR) is 53.8 cm³/mol. The standard InChI is InChI=1S/C9H10N4O/c1-4-2-5-3-12-13-8(5)6(7(4)10)9(11)14/h2-3H,10H2,1H3,(H2,11,14)(H,12,13). The zero-order valence-electron chi connectivity index (χ0n) is 7.66. The summed E-state index contributed by atoms with van der Waals surface area (Å²) < 4.78 is 0. The first-order valence-corrected chi connectivity index (χ1v) is 4.13. The van der Waals surface area contributed by atoms with Crippen LogP contribution < -0.4 is 11.5 Å². The molecular formula is C9H10N4O. The van der Waals surface area contributed by atoms with Crippen molar-refractivity contribution in [2.75, 3.05) is 5.73 Å². The van der Waals surface area contributed by atoms with Gasteiger partial charge in [-0.2, -0.15) is 5.10 Å². The second-order valence-corrected chi connectivity index (χ2v) is 3.18. The van der Waals surface area contributed by atoms with Gasteiger partial charge in [0.05, 0.1) is 17.3 Å². The first-order valence-electron chi connectivity index (χ1n) is 4.13. The highest BCUT2D eigenvalue weighted by molar-refractivity contribution is 6.09. The van der Waals surface area contributed by atoms with Crippen molar-refractivity contribution in [3.05, 3.63) is 23.4 Å². The predicted octanol–water partition coefficient (Wildman–Crippen LogP) is 0.552. The Balaban J connectivity index is 2.93. The number of hydrogen-bond donors (Lipinski definition) is 3. The lowest BCUT2D eigenvalue weighted by Gasteiger charge is -2.05. The highest BCUT2D eigenvalue weighted by Crippen LogP contribution is 2.25. The van der Waals surface area contributed by atoms with Gasteiger partial charge in [-0.3, -0.25) is 9.89 Å². The lowest BCUT2D eigenvalue weighted by atomic mass is 10.0. The van der Waals surface area contributed by atoms with Crippen molar-refractivity contribution in [1.29, 1.82) is 0 Å². The summed E-state index contributed by atoms with van der Waals surface area (Å²) in [7, 11) is 0. The van der Waals surface area contributed by atoms with Gasteiger partial charge in [0.25, 0.3) is 5.91 Å². The number of primary amides is 1. The number of hydrogen-bond acceptors (Lipinski definition) is 3. The number of aryl methyl sites for hydroxylation is 1. The molecule has 72 valence electrons. The zero-order valence-corrected chi connectivity index (χ0v) is 7.66. The topological polar surface area (TPSA) is 97.8 Å². The molecule has 0 fully saturated rings. The molecule has 5 heteroatoms. The van der Waals surface area contributed by atoms with Crippen LogP contribution in [0, 0.1) is 6.92 Å². The second kappa shape index (κ2) is 2.73. The molecule has 0 saturated heterocycles. The number of nitrogens with one attached hydrogen (secondary N) is 1. The molecule has 0 aliphatic heterocycles. The molecule has 0 spiro atoms. The number of nitrogens with two attached hydrogens (primary N) is 2. The largest absolute Gasteiger partial charge is 0.398 e. The number of nitrogen functional groups attached to an aromatic ring is 1. The van der Waals surface area contributed by atoms with E-state index in [2.05, 4.69) is 10.2 Å². The molecule has 0 atom stereocenters. The van der Waals surface area contributed by atoms with Gasteiger partial charge < -0.3 is 11.5 Å². The van der Waals surface area contributed by atoms with Gasteiger partial charge in [0.2, 0.25) is 0 Å². The van der Waals surface area contributed by atoms with Crippen LogP contribution in [0.25, 0.3) is 10.9 Å². The molecule has 0 aliphatic carbocycles. The summed E-state index contributed by atoms with van der Waals surface area (Å²) in [6.45, 7) is 1.83. The van der Waals surface area contributed by atoms with Crippen LogP contribution in [0.4, 0.5) is 5.69 Å². The SMILES string of the molecule is Cc1cc2cn[nH]c2c(C(N)=O)c1N. The molecule has 5 nitrogen and oxygen atoms in total. The van der Waals surface area contributed by atoms with Crippen molar-refractivity contribution in [2.45, 2.75) is 6.92 Å². The first-order chi connectivity index (χ1) is 6.61. The van der Waals surface area contributed by atoms with E-state index in [1.165, 1.54) is 0 Å². The lowest BCUT2D eigenvalue weighted by molar-refractivity contribution is 0.100. The van der Waals surface area contributed by atoms with Gasteiger partial charge in [-0.15, -0.1) is 0 Å². The quantitative estimate of drug-likeness (QED) is 0.573. The van der Waals surface area contributed by atoms with Crippen molar-refractivity contribution in [2.24, 2.45) is 5.73 Å². The van der Waals surface area contributed by atoms with Crippen molar-refractivity contribution in [1.82, 2.24) is 10.2 Å². The number of carbonyl (C=O) groups is 1. The Labute approximate surface area is 80.1 Å². The number of amides is 1. The molecule has 1 aromatic carbocycles. The average molecular weight is 190 g/mol. The van der Waals surface area contributed by atoms with E-state index in [0.717, 1.165) is 10.9 Å². The molecule has 2 aromatic rings. The maximum Gasteiger partial charge on any atom is 0.253 e. The van der Waals surface area contributed by atoms with Crippen LogP contribution in [0.2, 0.25) is 0 Å². The van der Waals surface area contributed by atoms with E-state index in [4.69, 9.17) is 11.5 Å². The van der Waals surface area contributed by atoms with Crippen LogP contribution in [-0.4, -0.2) is 16.1 Å². The zero-order chi connectivity index (χ0) is 10.3. The maximum atomic E-state index is 11.2. The highest BCUT2D eigenvalue weighted by atomic mass is 16.1. The lowest BCUT2D eigenvalue weighted by Crippen LogP contribution is -2.15. The van der Waals surface area contributed by atoms with Crippen molar-refractivity contribution < 1.29 is 4.79 Å². The van der Waals surface area contributed by atoms with Crippen molar-refractivity contribution >= 4 is 22.5 Å². The number of fused-ring (bicyclic) bond motifs is 1. The minimum absolute atomic E-state index is 0.317. The summed E-state index contributed by atoms with van der Waals surface area (Å²) in [5.74, 6) is -0.541. The summed E-state index contributed by atoms with van der Waals surface area (Å²) in [6, 6.07) is 1.86. The smallest absolute Gasteiger partial charge is 0.253 e. The fraction of sp³-hybridized carbons (Fsp3) is 0.111. The molecule has 0 radical (unpaired) electrons. The number of benzene rings is 1. The molecule has 0 unspecified atom stereocenters. The van der Waals surface area contributed by atoms with Gasteiger partial charge in [0.15, 0.2) is 0 Å². The number of nitrogens with zero attached hydrogens (tertiary/aromatic N) is 1. The third kappa shape index (κ3) is 1.02. The number of aromatic amines is 1. The molecule has 2 rings (SSSR count). The highest BCUT2D eigenvalue weighted by Gasteiger charge is 2.14. The van der Waals surface area contributed by atoms with Crippen molar-refractivity contribution in [3.63, 3.8) is 0 Å². The fourth-order valence-corrected chi connectivity index (χ4v) is 1.50. The second-order valence-electron chi connectivity index (χ2n) is 3.18. The van der Waals surface area contributed by atoms with E-state index in [1.54, 1.807) is 6.20 Å². The molecular weight excluding hydrogens is 180 g/mol. The number of rotatable bonds is 1. The molecule has 1 aromatic heterocycles. The Morgan fingerprint density at radius 2 is 2.29 bits per heavy atom. The fourth-order valence-electron chi connectivity index (χ4n) is 1.50. The molecule has 0 saturated carbocycles. The number of anilines is 1. The average Bonchev–Trinajstić information content (AvgIpc) is 2.52. The molecule has 5 N–H and O–H groups in total. The minimum atomic E-state index is -0.541. The van der Waals surface area contributed by atoms with Crippen LogP contribution in [0.5, 0.6) is 0 Å². The Bertz CT molecular complexity index is 515. The number of H-pyrrole nitrogens is 1. The van der Waals surface area contributed by atoms with Gasteiger partial charge in [0, 0.05) is 11.1 Å². The number of aromatic nitrogens is 2. The maximum absolute atomic E-state index is 11.2. The molecule has 14 heavy (non-hydrogen) atoms. The minimum Gasteiger partial charge on any atom is -0.398 e. The van der Waals surface area contributed by atoms with E-state index in [0.29, 0.717) is 16.8 Å². The molecule has 0 bridgehead atoms. The summed E-state index contributed by atoms with van der Waals surface area (Å²) in [4.78, 5) is 11.2. The van der Waals surface area contributed by atoms with Crippen molar-refractivity contribution in [3.8, 4) is 0 Å². The van der Waals surface area contributed by atoms with Crippen LogP contribution in [-0.2, 0) is 0 Å². The summed E-state index contributed by atoms with van der Waals surface area (Å²) >= 11 is 0. The van der Waals surface area contributed by atoms with Gasteiger partial charge in [-0.05, 0) is 18.6 Å². The third-order valence-corrected chi connectivity index (χ3v) is 2.23. The monoisotopic (exact) mass is 190 g/mol. The summed E-state index contributed by atoms with van der Waals surface area (Å²) in [5, 5.41) is 7.38. The Kier molecular flexibility index (Phi) is 1.67. The molecule has 1 amide bonds. The Hall–Kier alpha value is -2.04. The first kappa shape index (κ1) is 8.55. The Morgan fingerprint density at radius 3 is 2.93 bits per heavy atom. The van der Waals surface area contributed by atoms with E-state index in [-0.39, 0.29) is 0 Å². The van der Waals surface area contributed by atoms with Crippen LogP contribution >= 0.6 is 0 Å². The van der Waals surface area contributed by atoms with Gasteiger partial charge in [-0.1, -0.05) is 0 Å². The van der Waals surface area contributed by atoms with Gasteiger partial charge in [0.1, 0.15) is 0 Å². The normalized spacial score (nSPS) is 10.6. The number of carbonyl (C=O) groups excluding carboxylic acids is 1. The third-order valence-electron chi connectivity index (χ3n) is 2.23. The Morgan fingerprint density at radius 1 is 1.57 bits per heavy atom. The molecule has 1 heterocycles. The van der Waals surface area contributed by atoms with E-state index < -0.39 is 5.91 Å².